The summed E-state index contributed by atoms with van der Waals surface area (Å²) in [6.45, 7) is 2.19. The van der Waals surface area contributed by atoms with Crippen LogP contribution in [0.15, 0.2) is 22.7 Å². The highest BCUT2D eigenvalue weighted by atomic mass is 79.9. The highest BCUT2D eigenvalue weighted by Gasteiger charge is 2.18. The highest BCUT2D eigenvalue weighted by molar-refractivity contribution is 9.10. The number of halogens is 1. The molecule has 0 aromatic heterocycles. The molecular formula is C13H17BrN2O2. The molecule has 98 valence electrons. The second kappa shape index (κ2) is 6.20. The summed E-state index contributed by atoms with van der Waals surface area (Å²) in [6.07, 6.45) is 2.19. The Labute approximate surface area is 115 Å². The number of likely N-dealkylation sites (tertiary alicyclic amines) is 1. The number of benzene rings is 1. The maximum Gasteiger partial charge on any atom is 0.260 e. The summed E-state index contributed by atoms with van der Waals surface area (Å²) in [5.41, 5.74) is 6.55. The van der Waals surface area contributed by atoms with E-state index in [0.29, 0.717) is 12.3 Å². The standard InChI is InChI=1S/C13H17BrN2O2/c14-11-3-4-12(10(7-11)8-15)18-9-13(17)16-5-1-2-6-16/h3-4,7H,1-2,5-6,8-9,15H2. The molecule has 1 fully saturated rings. The molecule has 0 atom stereocenters. The van der Waals surface area contributed by atoms with Gasteiger partial charge in [-0.25, -0.2) is 0 Å². The molecule has 1 saturated heterocycles. The fourth-order valence-corrected chi connectivity index (χ4v) is 2.45. The van der Waals surface area contributed by atoms with Gasteiger partial charge in [0, 0.05) is 29.7 Å². The van der Waals surface area contributed by atoms with Gasteiger partial charge in [-0.3, -0.25) is 4.79 Å². The normalized spacial score (nSPS) is 14.9. The van der Waals surface area contributed by atoms with E-state index in [1.54, 1.807) is 0 Å². The summed E-state index contributed by atoms with van der Waals surface area (Å²) in [6, 6.07) is 5.63. The highest BCUT2D eigenvalue weighted by Crippen LogP contribution is 2.23. The Hall–Kier alpha value is -1.07. The molecule has 1 aromatic rings. The number of carbonyl (C=O) groups is 1. The fourth-order valence-electron chi connectivity index (χ4n) is 2.05. The van der Waals surface area contributed by atoms with Crippen molar-refractivity contribution in [1.82, 2.24) is 4.90 Å². The Morgan fingerprint density at radius 3 is 2.78 bits per heavy atom. The van der Waals surface area contributed by atoms with Crippen LogP contribution in [0.1, 0.15) is 18.4 Å². The lowest BCUT2D eigenvalue weighted by atomic mass is 10.2. The van der Waals surface area contributed by atoms with Gasteiger partial charge in [-0.1, -0.05) is 15.9 Å². The Bertz CT molecular complexity index is 431. The molecule has 0 unspecified atom stereocenters. The van der Waals surface area contributed by atoms with E-state index >= 15 is 0 Å². The summed E-state index contributed by atoms with van der Waals surface area (Å²) in [5.74, 6) is 0.742. The minimum Gasteiger partial charge on any atom is -0.483 e. The monoisotopic (exact) mass is 312 g/mol. The van der Waals surface area contributed by atoms with Crippen LogP contribution >= 0.6 is 15.9 Å². The summed E-state index contributed by atoms with van der Waals surface area (Å²) in [7, 11) is 0. The molecular weight excluding hydrogens is 296 g/mol. The van der Waals surface area contributed by atoms with Crippen LogP contribution in [-0.4, -0.2) is 30.5 Å². The van der Waals surface area contributed by atoms with E-state index in [2.05, 4.69) is 15.9 Å². The van der Waals surface area contributed by atoms with Crippen molar-refractivity contribution >= 4 is 21.8 Å². The number of ether oxygens (including phenoxy) is 1. The molecule has 0 radical (unpaired) electrons. The van der Waals surface area contributed by atoms with Crippen molar-refractivity contribution in [3.63, 3.8) is 0 Å². The Kier molecular flexibility index (Phi) is 4.60. The number of nitrogens with zero attached hydrogens (tertiary/aromatic N) is 1. The SMILES string of the molecule is NCc1cc(Br)ccc1OCC(=O)N1CCCC1. The Morgan fingerprint density at radius 2 is 2.11 bits per heavy atom. The molecule has 1 amide bonds. The number of amides is 1. The molecule has 2 rings (SSSR count). The first-order chi connectivity index (χ1) is 8.70. The smallest absolute Gasteiger partial charge is 0.260 e. The third-order valence-electron chi connectivity index (χ3n) is 3.05. The second-order valence-corrected chi connectivity index (χ2v) is 5.25. The van der Waals surface area contributed by atoms with E-state index in [-0.39, 0.29) is 12.5 Å². The molecule has 18 heavy (non-hydrogen) atoms. The van der Waals surface area contributed by atoms with Gasteiger partial charge in [0.1, 0.15) is 5.75 Å². The van der Waals surface area contributed by atoms with E-state index in [9.17, 15) is 4.79 Å². The van der Waals surface area contributed by atoms with Crippen molar-refractivity contribution in [3.8, 4) is 5.75 Å². The average Bonchev–Trinajstić information content (AvgIpc) is 2.90. The lowest BCUT2D eigenvalue weighted by molar-refractivity contribution is -0.132. The fraction of sp³-hybridized carbons (Fsp3) is 0.462. The molecule has 1 aliphatic heterocycles. The first-order valence-corrected chi connectivity index (χ1v) is 6.89. The predicted molar refractivity (Wildman–Crippen MR) is 73.3 cm³/mol. The van der Waals surface area contributed by atoms with Gasteiger partial charge in [0.2, 0.25) is 0 Å². The van der Waals surface area contributed by atoms with Crippen molar-refractivity contribution in [1.29, 1.82) is 0 Å². The van der Waals surface area contributed by atoms with Gasteiger partial charge in [-0.2, -0.15) is 0 Å². The summed E-state index contributed by atoms with van der Waals surface area (Å²) in [4.78, 5) is 13.7. The van der Waals surface area contributed by atoms with E-state index < -0.39 is 0 Å². The molecule has 4 nitrogen and oxygen atoms in total. The number of carbonyl (C=O) groups excluding carboxylic acids is 1. The van der Waals surface area contributed by atoms with Crippen LogP contribution in [-0.2, 0) is 11.3 Å². The number of hydrogen-bond donors (Lipinski definition) is 1. The third kappa shape index (κ3) is 3.23. The van der Waals surface area contributed by atoms with Gasteiger partial charge in [0.05, 0.1) is 0 Å². The average molecular weight is 313 g/mol. The molecule has 2 N–H and O–H groups in total. The lowest BCUT2D eigenvalue weighted by Crippen LogP contribution is -2.32. The van der Waals surface area contributed by atoms with Crippen LogP contribution in [0.2, 0.25) is 0 Å². The van der Waals surface area contributed by atoms with E-state index in [0.717, 1.165) is 36.0 Å². The number of rotatable bonds is 4. The van der Waals surface area contributed by atoms with Crippen LogP contribution in [0.3, 0.4) is 0 Å². The summed E-state index contributed by atoms with van der Waals surface area (Å²) < 4.78 is 6.52. The van der Waals surface area contributed by atoms with Crippen LogP contribution < -0.4 is 10.5 Å². The molecule has 0 aliphatic carbocycles. The summed E-state index contributed by atoms with van der Waals surface area (Å²) in [5, 5.41) is 0. The quantitative estimate of drug-likeness (QED) is 0.924. The first-order valence-electron chi connectivity index (χ1n) is 6.10. The predicted octanol–water partition coefficient (Wildman–Crippen LogP) is 1.91. The maximum atomic E-state index is 11.8. The van der Waals surface area contributed by atoms with Crippen LogP contribution in [0, 0.1) is 0 Å². The second-order valence-electron chi connectivity index (χ2n) is 4.33. The van der Waals surface area contributed by atoms with Crippen LogP contribution in [0.25, 0.3) is 0 Å². The lowest BCUT2D eigenvalue weighted by Gasteiger charge is -2.16. The molecule has 1 aliphatic rings. The summed E-state index contributed by atoms with van der Waals surface area (Å²) >= 11 is 3.38. The van der Waals surface area contributed by atoms with Crippen molar-refractivity contribution in [3.05, 3.63) is 28.2 Å². The van der Waals surface area contributed by atoms with E-state index in [1.165, 1.54) is 0 Å². The number of nitrogens with two attached hydrogens (primary N) is 1. The van der Waals surface area contributed by atoms with Gasteiger partial charge in [0.15, 0.2) is 6.61 Å². The Morgan fingerprint density at radius 1 is 1.39 bits per heavy atom. The van der Waals surface area contributed by atoms with Crippen LogP contribution in [0.5, 0.6) is 5.75 Å². The van der Waals surface area contributed by atoms with Gasteiger partial charge < -0.3 is 15.4 Å². The van der Waals surface area contributed by atoms with Crippen LogP contribution in [0.4, 0.5) is 0 Å². The molecule has 1 heterocycles. The van der Waals surface area contributed by atoms with Crippen molar-refractivity contribution in [2.45, 2.75) is 19.4 Å². The molecule has 0 saturated carbocycles. The number of hydrogen-bond acceptors (Lipinski definition) is 3. The first kappa shape index (κ1) is 13.4. The van der Waals surface area contributed by atoms with Gasteiger partial charge in [-0.05, 0) is 31.0 Å². The molecule has 0 bridgehead atoms. The van der Waals surface area contributed by atoms with E-state index in [1.807, 2.05) is 23.1 Å². The Balaban J connectivity index is 1.95. The largest absolute Gasteiger partial charge is 0.483 e. The maximum absolute atomic E-state index is 11.8. The van der Waals surface area contributed by atoms with Crippen molar-refractivity contribution < 1.29 is 9.53 Å². The zero-order valence-corrected chi connectivity index (χ0v) is 11.8. The van der Waals surface area contributed by atoms with Gasteiger partial charge in [-0.15, -0.1) is 0 Å². The van der Waals surface area contributed by atoms with Crippen molar-refractivity contribution in [2.24, 2.45) is 5.73 Å². The third-order valence-corrected chi connectivity index (χ3v) is 3.55. The molecule has 0 spiro atoms. The van der Waals surface area contributed by atoms with Gasteiger partial charge >= 0.3 is 0 Å². The minimum absolute atomic E-state index is 0.0541. The minimum atomic E-state index is 0.0541. The molecule has 1 aromatic carbocycles. The van der Waals surface area contributed by atoms with Gasteiger partial charge in [0.25, 0.3) is 5.91 Å². The van der Waals surface area contributed by atoms with E-state index in [4.69, 9.17) is 10.5 Å². The van der Waals surface area contributed by atoms with Crippen molar-refractivity contribution in [2.75, 3.05) is 19.7 Å². The zero-order valence-electron chi connectivity index (χ0n) is 10.2. The zero-order chi connectivity index (χ0) is 13.0. The topological polar surface area (TPSA) is 55.6 Å². The molecule has 5 heteroatoms.